The minimum atomic E-state index is -0.402. The van der Waals surface area contributed by atoms with Gasteiger partial charge in [0.15, 0.2) is 5.79 Å². The number of nitrogens with zero attached hydrogens (tertiary/aromatic N) is 3. The lowest BCUT2D eigenvalue weighted by Crippen LogP contribution is -2.39. The fourth-order valence-electron chi connectivity index (χ4n) is 3.63. The summed E-state index contributed by atoms with van der Waals surface area (Å²) in [6, 6.07) is 0. The van der Waals surface area contributed by atoms with Gasteiger partial charge in [-0.1, -0.05) is 0 Å². The fourth-order valence-corrected chi connectivity index (χ4v) is 3.63. The average Bonchev–Trinajstić information content (AvgIpc) is 2.95. The van der Waals surface area contributed by atoms with E-state index in [4.69, 9.17) is 9.47 Å². The molecule has 1 spiro atoms. The van der Waals surface area contributed by atoms with Crippen molar-refractivity contribution in [2.45, 2.75) is 44.3 Å². The van der Waals surface area contributed by atoms with E-state index in [1.807, 2.05) is 0 Å². The summed E-state index contributed by atoms with van der Waals surface area (Å²) in [6.45, 7) is 3.67. The molecule has 0 amide bonds. The van der Waals surface area contributed by atoms with Crippen molar-refractivity contribution in [2.75, 3.05) is 31.2 Å². The maximum absolute atomic E-state index is 5.83. The van der Waals surface area contributed by atoms with Crippen LogP contribution >= 0.6 is 0 Å². The van der Waals surface area contributed by atoms with Crippen molar-refractivity contribution in [1.29, 1.82) is 0 Å². The van der Waals surface area contributed by atoms with E-state index < -0.39 is 5.79 Å². The summed E-state index contributed by atoms with van der Waals surface area (Å²) in [5.74, 6) is 0.753. The highest BCUT2D eigenvalue weighted by Gasteiger charge is 2.41. The molecule has 1 aromatic heterocycles. The largest absolute Gasteiger partial charge is 0.356 e. The van der Waals surface area contributed by atoms with Crippen molar-refractivity contribution in [1.82, 2.24) is 9.97 Å². The molecule has 2 fully saturated rings. The van der Waals surface area contributed by atoms with E-state index in [1.165, 1.54) is 24.8 Å². The molecule has 5 heteroatoms. The summed E-state index contributed by atoms with van der Waals surface area (Å²) in [7, 11) is 0. The molecular formula is C15H21N3O2. The molecule has 0 bridgehead atoms. The standard InChI is InChI=1S/C15H21N3O2/c1-2-6-18(7-3-1)14-12-4-5-15(19-8-9-20-15)10-13(12)16-11-17-14/h11H,1-10H2. The van der Waals surface area contributed by atoms with Gasteiger partial charge in [-0.05, 0) is 25.7 Å². The van der Waals surface area contributed by atoms with Gasteiger partial charge in [-0.15, -0.1) is 0 Å². The van der Waals surface area contributed by atoms with Gasteiger partial charge < -0.3 is 14.4 Å². The van der Waals surface area contributed by atoms with Crippen molar-refractivity contribution >= 4 is 5.82 Å². The maximum Gasteiger partial charge on any atom is 0.174 e. The first-order valence-electron chi connectivity index (χ1n) is 7.72. The smallest absolute Gasteiger partial charge is 0.174 e. The van der Waals surface area contributed by atoms with Crippen molar-refractivity contribution < 1.29 is 9.47 Å². The Morgan fingerprint density at radius 3 is 2.65 bits per heavy atom. The molecule has 0 radical (unpaired) electrons. The highest BCUT2D eigenvalue weighted by Crippen LogP contribution is 2.37. The molecule has 1 aromatic rings. The van der Waals surface area contributed by atoms with Crippen molar-refractivity contribution in [3.8, 4) is 0 Å². The summed E-state index contributed by atoms with van der Waals surface area (Å²) >= 11 is 0. The number of hydrogen-bond donors (Lipinski definition) is 0. The molecule has 0 saturated carbocycles. The average molecular weight is 275 g/mol. The monoisotopic (exact) mass is 275 g/mol. The second-order valence-corrected chi connectivity index (χ2v) is 5.95. The maximum atomic E-state index is 5.83. The molecule has 0 unspecified atom stereocenters. The van der Waals surface area contributed by atoms with Gasteiger partial charge in [0.25, 0.3) is 0 Å². The predicted octanol–water partition coefficient (Wildman–Crippen LogP) is 1.70. The van der Waals surface area contributed by atoms with Gasteiger partial charge in [0.2, 0.25) is 0 Å². The Kier molecular flexibility index (Phi) is 3.11. The second kappa shape index (κ2) is 4.97. The first kappa shape index (κ1) is 12.5. The van der Waals surface area contributed by atoms with Gasteiger partial charge in [-0.3, -0.25) is 0 Å². The second-order valence-electron chi connectivity index (χ2n) is 5.95. The Balaban J connectivity index is 1.64. The van der Waals surface area contributed by atoms with E-state index in [9.17, 15) is 0 Å². The molecule has 0 N–H and O–H groups in total. The van der Waals surface area contributed by atoms with Crippen LogP contribution < -0.4 is 4.90 Å². The summed E-state index contributed by atoms with van der Waals surface area (Å²) in [5, 5.41) is 0. The van der Waals surface area contributed by atoms with Crippen LogP contribution in [0.3, 0.4) is 0 Å². The Morgan fingerprint density at radius 2 is 1.85 bits per heavy atom. The Labute approximate surface area is 119 Å². The number of aromatic nitrogens is 2. The molecule has 0 aromatic carbocycles. The third kappa shape index (κ3) is 2.09. The minimum Gasteiger partial charge on any atom is -0.356 e. The zero-order valence-electron chi connectivity index (χ0n) is 11.8. The van der Waals surface area contributed by atoms with Gasteiger partial charge >= 0.3 is 0 Å². The Bertz CT molecular complexity index is 494. The lowest BCUT2D eigenvalue weighted by atomic mass is 9.90. The quantitative estimate of drug-likeness (QED) is 0.780. The van der Waals surface area contributed by atoms with Gasteiger partial charge in [0, 0.05) is 31.5 Å². The number of anilines is 1. The van der Waals surface area contributed by atoms with Crippen LogP contribution in [0.15, 0.2) is 6.33 Å². The van der Waals surface area contributed by atoms with E-state index in [1.54, 1.807) is 6.33 Å². The van der Waals surface area contributed by atoms with Crippen LogP contribution in [-0.4, -0.2) is 42.1 Å². The molecule has 2 aliphatic heterocycles. The summed E-state index contributed by atoms with van der Waals surface area (Å²) in [5.41, 5.74) is 2.44. The van der Waals surface area contributed by atoms with Gasteiger partial charge in [-0.25, -0.2) is 9.97 Å². The van der Waals surface area contributed by atoms with Crippen LogP contribution in [0.1, 0.15) is 36.9 Å². The first-order chi connectivity index (χ1) is 9.86. The number of rotatable bonds is 1. The van der Waals surface area contributed by atoms with E-state index in [0.29, 0.717) is 13.2 Å². The highest BCUT2D eigenvalue weighted by atomic mass is 16.7. The Hall–Kier alpha value is -1.20. The van der Waals surface area contributed by atoms with Crippen molar-refractivity contribution in [3.05, 3.63) is 17.6 Å². The van der Waals surface area contributed by atoms with Crippen LogP contribution in [0.25, 0.3) is 0 Å². The zero-order valence-corrected chi connectivity index (χ0v) is 11.8. The van der Waals surface area contributed by atoms with E-state index in [2.05, 4.69) is 14.9 Å². The SMILES string of the molecule is c1nc2c(c(N3CCCCC3)n1)CCC1(C2)OCCO1. The minimum absolute atomic E-state index is 0.402. The third-order valence-electron chi connectivity index (χ3n) is 4.67. The molecule has 3 aliphatic rings. The first-order valence-corrected chi connectivity index (χ1v) is 7.72. The van der Waals surface area contributed by atoms with E-state index >= 15 is 0 Å². The summed E-state index contributed by atoms with van der Waals surface area (Å²) in [6.07, 6.45) is 8.25. The van der Waals surface area contributed by atoms with E-state index in [0.717, 1.165) is 43.9 Å². The fraction of sp³-hybridized carbons (Fsp3) is 0.733. The normalized spacial score (nSPS) is 24.9. The van der Waals surface area contributed by atoms with Crippen LogP contribution in [-0.2, 0) is 22.3 Å². The van der Waals surface area contributed by atoms with Gasteiger partial charge in [0.05, 0.1) is 18.9 Å². The lowest BCUT2D eigenvalue weighted by Gasteiger charge is -2.35. The lowest BCUT2D eigenvalue weighted by molar-refractivity contribution is -0.164. The molecule has 4 rings (SSSR count). The predicted molar refractivity (Wildman–Crippen MR) is 74.8 cm³/mol. The molecule has 2 saturated heterocycles. The molecule has 1 aliphatic carbocycles. The van der Waals surface area contributed by atoms with Crippen LogP contribution in [0, 0.1) is 0 Å². The topological polar surface area (TPSA) is 47.5 Å². The zero-order chi connectivity index (χ0) is 13.4. The van der Waals surface area contributed by atoms with Crippen LogP contribution in [0.4, 0.5) is 5.82 Å². The third-order valence-corrected chi connectivity index (χ3v) is 4.67. The van der Waals surface area contributed by atoms with Gasteiger partial charge in [-0.2, -0.15) is 0 Å². The number of piperidine rings is 1. The number of ether oxygens (including phenoxy) is 2. The van der Waals surface area contributed by atoms with Crippen molar-refractivity contribution in [3.63, 3.8) is 0 Å². The molecule has 108 valence electrons. The number of hydrogen-bond acceptors (Lipinski definition) is 5. The van der Waals surface area contributed by atoms with E-state index in [-0.39, 0.29) is 0 Å². The number of fused-ring (bicyclic) bond motifs is 1. The highest BCUT2D eigenvalue weighted by molar-refractivity contribution is 5.50. The molecule has 0 atom stereocenters. The van der Waals surface area contributed by atoms with Crippen molar-refractivity contribution in [2.24, 2.45) is 0 Å². The van der Waals surface area contributed by atoms with Gasteiger partial charge in [0.1, 0.15) is 12.1 Å². The molecule has 20 heavy (non-hydrogen) atoms. The van der Waals surface area contributed by atoms with Crippen LogP contribution in [0.2, 0.25) is 0 Å². The van der Waals surface area contributed by atoms with Crippen LogP contribution in [0.5, 0.6) is 0 Å². The molecule has 5 nitrogen and oxygen atoms in total. The Morgan fingerprint density at radius 1 is 1.05 bits per heavy atom. The summed E-state index contributed by atoms with van der Waals surface area (Å²) < 4.78 is 11.7. The molecular weight excluding hydrogens is 254 g/mol. The molecule has 3 heterocycles. The summed E-state index contributed by atoms with van der Waals surface area (Å²) in [4.78, 5) is 11.5.